The Morgan fingerprint density at radius 1 is 1.28 bits per heavy atom. The number of hydrogen-bond acceptors (Lipinski definition) is 6. The number of likely N-dealkylation sites (tertiary alicyclic amines) is 1. The summed E-state index contributed by atoms with van der Waals surface area (Å²) in [6.07, 6.45) is 3.95. The molecule has 1 aromatic carbocycles. The fourth-order valence-electron chi connectivity index (χ4n) is 3.24. The van der Waals surface area contributed by atoms with Crippen LogP contribution in [0.5, 0.6) is 5.75 Å². The predicted octanol–water partition coefficient (Wildman–Crippen LogP) is 2.10. The van der Waals surface area contributed by atoms with Crippen LogP contribution in [0, 0.1) is 5.92 Å². The van der Waals surface area contributed by atoms with E-state index in [2.05, 4.69) is 5.32 Å². The van der Waals surface area contributed by atoms with E-state index in [1.54, 1.807) is 35.7 Å². The van der Waals surface area contributed by atoms with Crippen LogP contribution in [0.3, 0.4) is 0 Å². The Labute approximate surface area is 176 Å². The normalized spacial score (nSPS) is 17.3. The zero-order valence-corrected chi connectivity index (χ0v) is 17.9. The van der Waals surface area contributed by atoms with E-state index in [0.717, 1.165) is 18.6 Å². The Balaban J connectivity index is 1.93. The molecule has 1 heterocycles. The van der Waals surface area contributed by atoms with Gasteiger partial charge in [-0.15, -0.1) is 0 Å². The Hall–Kier alpha value is -2.22. The van der Waals surface area contributed by atoms with Crippen molar-refractivity contribution >= 4 is 29.5 Å². The molecule has 8 heteroatoms. The Morgan fingerprint density at radius 2 is 2.03 bits per heavy atom. The number of amides is 2. The lowest BCUT2D eigenvalue weighted by Gasteiger charge is -2.34. The average molecular weight is 423 g/mol. The number of rotatable bonds is 10. The highest BCUT2D eigenvalue weighted by molar-refractivity contribution is 7.98. The maximum absolute atomic E-state index is 13.0. The van der Waals surface area contributed by atoms with Crippen LogP contribution in [-0.2, 0) is 19.1 Å². The lowest BCUT2D eigenvalue weighted by atomic mass is 9.97. The highest BCUT2D eigenvalue weighted by Crippen LogP contribution is 2.19. The van der Waals surface area contributed by atoms with E-state index in [4.69, 9.17) is 9.47 Å². The van der Waals surface area contributed by atoms with Crippen LogP contribution >= 0.6 is 11.8 Å². The fraction of sp³-hybridized carbons (Fsp3) is 0.571. The first kappa shape index (κ1) is 23.1. The monoisotopic (exact) mass is 422 g/mol. The summed E-state index contributed by atoms with van der Waals surface area (Å²) in [5.41, 5.74) is 0. The highest BCUT2D eigenvalue weighted by Gasteiger charge is 2.33. The molecular formula is C21H30N2O5S. The van der Waals surface area contributed by atoms with Crippen LogP contribution in [0.2, 0.25) is 0 Å². The van der Waals surface area contributed by atoms with Crippen LogP contribution < -0.4 is 10.1 Å². The van der Waals surface area contributed by atoms with Gasteiger partial charge in [-0.3, -0.25) is 14.4 Å². The lowest BCUT2D eigenvalue weighted by Crippen LogP contribution is -2.53. The molecule has 160 valence electrons. The van der Waals surface area contributed by atoms with Crippen molar-refractivity contribution < 1.29 is 23.9 Å². The molecule has 1 N–H and O–H groups in total. The van der Waals surface area contributed by atoms with Gasteiger partial charge in [0, 0.05) is 13.1 Å². The first-order chi connectivity index (χ1) is 14.0. The molecule has 29 heavy (non-hydrogen) atoms. The van der Waals surface area contributed by atoms with Crippen molar-refractivity contribution in [2.24, 2.45) is 5.92 Å². The van der Waals surface area contributed by atoms with Crippen LogP contribution in [0.4, 0.5) is 0 Å². The smallest absolute Gasteiger partial charge is 0.310 e. The van der Waals surface area contributed by atoms with E-state index in [1.165, 1.54) is 0 Å². The number of nitrogens with zero attached hydrogens (tertiary/aromatic N) is 1. The quantitative estimate of drug-likeness (QED) is 0.582. The van der Waals surface area contributed by atoms with Crippen molar-refractivity contribution in [3.63, 3.8) is 0 Å². The van der Waals surface area contributed by atoms with E-state index in [1.807, 2.05) is 24.5 Å². The molecule has 1 saturated heterocycles. The third-order valence-electron chi connectivity index (χ3n) is 4.71. The molecule has 2 rings (SSSR count). The third kappa shape index (κ3) is 7.61. The van der Waals surface area contributed by atoms with Gasteiger partial charge in [-0.1, -0.05) is 18.2 Å². The second-order valence-corrected chi connectivity index (χ2v) is 7.86. The van der Waals surface area contributed by atoms with E-state index in [0.29, 0.717) is 31.9 Å². The van der Waals surface area contributed by atoms with Gasteiger partial charge in [0.25, 0.3) is 5.91 Å². The van der Waals surface area contributed by atoms with E-state index in [9.17, 15) is 14.4 Å². The summed E-state index contributed by atoms with van der Waals surface area (Å²) in [6.45, 7) is 2.87. The van der Waals surface area contributed by atoms with Crippen molar-refractivity contribution in [1.29, 1.82) is 0 Å². The predicted molar refractivity (Wildman–Crippen MR) is 113 cm³/mol. The Morgan fingerprint density at radius 3 is 2.72 bits per heavy atom. The largest absolute Gasteiger partial charge is 0.484 e. The van der Waals surface area contributed by atoms with E-state index < -0.39 is 6.04 Å². The van der Waals surface area contributed by atoms with E-state index in [-0.39, 0.29) is 30.3 Å². The SMILES string of the molecule is CCOC(=O)[C@@H]1CCCN(C(=O)[C@@H](CCSC)NC(=O)COc2ccccc2)C1. The standard InChI is InChI=1S/C21H30N2O5S/c1-3-27-21(26)16-8-7-12-23(14-16)20(25)18(11-13-29-2)22-19(24)15-28-17-9-5-4-6-10-17/h4-6,9-10,16,18H,3,7-8,11-15H2,1-2H3,(H,22,24)/t16-,18-/m1/s1. The van der Waals surface area contributed by atoms with Gasteiger partial charge >= 0.3 is 5.97 Å². The molecule has 0 aliphatic carbocycles. The maximum atomic E-state index is 13.0. The molecular weight excluding hydrogens is 392 g/mol. The van der Waals surface area contributed by atoms with Gasteiger partial charge in [-0.05, 0) is 50.3 Å². The number of ether oxygens (including phenoxy) is 2. The number of esters is 1. The first-order valence-corrected chi connectivity index (χ1v) is 11.4. The van der Waals surface area contributed by atoms with Crippen molar-refractivity contribution in [3.8, 4) is 5.75 Å². The van der Waals surface area contributed by atoms with Gasteiger partial charge in [-0.25, -0.2) is 0 Å². The fourth-order valence-corrected chi connectivity index (χ4v) is 3.72. The van der Waals surface area contributed by atoms with Crippen LogP contribution in [-0.4, -0.2) is 67.0 Å². The molecule has 7 nitrogen and oxygen atoms in total. The molecule has 1 aliphatic rings. The molecule has 0 aromatic heterocycles. The first-order valence-electron chi connectivity index (χ1n) is 9.96. The van der Waals surface area contributed by atoms with Crippen LogP contribution in [0.15, 0.2) is 30.3 Å². The summed E-state index contributed by atoms with van der Waals surface area (Å²) in [5, 5.41) is 2.80. The summed E-state index contributed by atoms with van der Waals surface area (Å²) in [5.74, 6) is 0.291. The molecule has 0 saturated carbocycles. The number of thioether (sulfide) groups is 1. The summed E-state index contributed by atoms with van der Waals surface area (Å²) >= 11 is 1.62. The average Bonchev–Trinajstić information content (AvgIpc) is 2.75. The Kier molecular flexibility index (Phi) is 9.83. The highest BCUT2D eigenvalue weighted by atomic mass is 32.2. The molecule has 1 aromatic rings. The molecule has 0 spiro atoms. The molecule has 0 bridgehead atoms. The van der Waals surface area contributed by atoms with Gasteiger partial charge < -0.3 is 19.7 Å². The Bertz CT molecular complexity index is 670. The van der Waals surface area contributed by atoms with Crippen molar-refractivity contribution in [3.05, 3.63) is 30.3 Å². The molecule has 0 unspecified atom stereocenters. The second kappa shape index (κ2) is 12.4. The molecule has 1 fully saturated rings. The molecule has 2 atom stereocenters. The molecule has 0 radical (unpaired) electrons. The van der Waals surface area contributed by atoms with Crippen molar-refractivity contribution in [1.82, 2.24) is 10.2 Å². The van der Waals surface area contributed by atoms with Gasteiger partial charge in [0.2, 0.25) is 5.91 Å². The van der Waals surface area contributed by atoms with E-state index >= 15 is 0 Å². The van der Waals surface area contributed by atoms with Crippen molar-refractivity contribution in [2.45, 2.75) is 32.2 Å². The molecule has 2 amide bonds. The second-order valence-electron chi connectivity index (χ2n) is 6.88. The number of carbonyl (C=O) groups excluding carboxylic acids is 3. The summed E-state index contributed by atoms with van der Waals surface area (Å²) in [7, 11) is 0. The minimum Gasteiger partial charge on any atom is -0.484 e. The number of nitrogens with one attached hydrogen (secondary N) is 1. The third-order valence-corrected chi connectivity index (χ3v) is 5.35. The van der Waals surface area contributed by atoms with Gasteiger partial charge in [-0.2, -0.15) is 11.8 Å². The van der Waals surface area contributed by atoms with Crippen molar-refractivity contribution in [2.75, 3.05) is 38.3 Å². The summed E-state index contributed by atoms with van der Waals surface area (Å²) < 4.78 is 10.6. The van der Waals surface area contributed by atoms with Gasteiger partial charge in [0.1, 0.15) is 11.8 Å². The topological polar surface area (TPSA) is 84.9 Å². The number of piperidine rings is 1. The number of benzene rings is 1. The van der Waals surface area contributed by atoms with Gasteiger partial charge in [0.15, 0.2) is 6.61 Å². The van der Waals surface area contributed by atoms with Gasteiger partial charge in [0.05, 0.1) is 12.5 Å². The number of hydrogen-bond donors (Lipinski definition) is 1. The minimum atomic E-state index is -0.629. The zero-order valence-electron chi connectivity index (χ0n) is 17.1. The minimum absolute atomic E-state index is 0.152. The lowest BCUT2D eigenvalue weighted by molar-refractivity contribution is -0.152. The summed E-state index contributed by atoms with van der Waals surface area (Å²) in [4.78, 5) is 39.1. The number of carbonyl (C=O) groups is 3. The zero-order chi connectivity index (χ0) is 21.1. The number of para-hydroxylation sites is 1. The maximum Gasteiger partial charge on any atom is 0.310 e. The molecule has 1 aliphatic heterocycles. The van der Waals surface area contributed by atoms with Crippen LogP contribution in [0.1, 0.15) is 26.2 Å². The summed E-state index contributed by atoms with van der Waals surface area (Å²) in [6, 6.07) is 8.43. The van der Waals surface area contributed by atoms with Crippen LogP contribution in [0.25, 0.3) is 0 Å².